The zero-order valence-electron chi connectivity index (χ0n) is 10.4. The van der Waals surface area contributed by atoms with Crippen molar-refractivity contribution in [1.82, 2.24) is 9.55 Å². The average molecular weight is 277 g/mol. The van der Waals surface area contributed by atoms with E-state index in [0.717, 1.165) is 0 Å². The molecule has 2 rings (SSSR count). The Labute approximate surface area is 112 Å². The number of carbonyl (C=O) groups excluding carboxylic acids is 1. The van der Waals surface area contributed by atoms with Crippen molar-refractivity contribution in [1.29, 1.82) is 0 Å². The number of anilines is 1. The van der Waals surface area contributed by atoms with Gasteiger partial charge in [-0.25, -0.2) is 9.18 Å². The predicted octanol–water partition coefficient (Wildman–Crippen LogP) is 0.704. The van der Waals surface area contributed by atoms with E-state index in [4.69, 9.17) is 0 Å². The number of para-hydroxylation sites is 1. The van der Waals surface area contributed by atoms with E-state index >= 15 is 0 Å². The van der Waals surface area contributed by atoms with Gasteiger partial charge in [-0.15, -0.1) is 0 Å². The zero-order valence-corrected chi connectivity index (χ0v) is 10.4. The Hall–Kier alpha value is -2.70. The Bertz CT molecular complexity index is 736. The van der Waals surface area contributed by atoms with E-state index < -0.39 is 23.0 Å². The van der Waals surface area contributed by atoms with Gasteiger partial charge in [0.1, 0.15) is 5.82 Å². The Morgan fingerprint density at radius 3 is 2.70 bits per heavy atom. The third kappa shape index (κ3) is 3.41. The van der Waals surface area contributed by atoms with Gasteiger partial charge in [-0.3, -0.25) is 14.6 Å². The minimum Gasteiger partial charge on any atom is -0.324 e. The van der Waals surface area contributed by atoms with Crippen LogP contribution in [-0.4, -0.2) is 15.5 Å². The first-order chi connectivity index (χ1) is 9.56. The molecule has 0 aliphatic carbocycles. The number of hydrogen-bond donors (Lipinski definition) is 2. The van der Waals surface area contributed by atoms with E-state index in [1.54, 1.807) is 6.07 Å². The third-order valence-corrected chi connectivity index (χ3v) is 2.62. The molecule has 0 spiro atoms. The molecule has 0 atom stereocenters. The fraction of sp³-hybridized carbons (Fsp3) is 0.154. The molecule has 0 saturated carbocycles. The summed E-state index contributed by atoms with van der Waals surface area (Å²) < 4.78 is 14.5. The number of benzene rings is 1. The maximum absolute atomic E-state index is 13.3. The maximum atomic E-state index is 13.3. The van der Waals surface area contributed by atoms with E-state index in [0.29, 0.717) is 0 Å². The summed E-state index contributed by atoms with van der Waals surface area (Å²) in [7, 11) is 0. The molecule has 2 N–H and O–H groups in total. The number of halogens is 1. The van der Waals surface area contributed by atoms with Gasteiger partial charge in [-0.05, 0) is 12.1 Å². The van der Waals surface area contributed by atoms with Crippen molar-refractivity contribution in [2.45, 2.75) is 13.0 Å². The second-order valence-electron chi connectivity index (χ2n) is 4.08. The van der Waals surface area contributed by atoms with E-state index in [1.807, 2.05) is 0 Å². The molecule has 1 amide bonds. The van der Waals surface area contributed by atoms with Gasteiger partial charge in [0.2, 0.25) is 5.91 Å². The largest absolute Gasteiger partial charge is 0.328 e. The molecule has 1 aromatic heterocycles. The molecule has 20 heavy (non-hydrogen) atoms. The lowest BCUT2D eigenvalue weighted by Gasteiger charge is -2.07. The molecule has 0 radical (unpaired) electrons. The number of carbonyl (C=O) groups is 1. The standard InChI is InChI=1S/C13H12FN3O3/c14-9-3-1-2-4-10(9)15-11(18)5-7-17-8-6-12(19)16-13(17)20/h1-4,6,8H,5,7H2,(H,15,18)(H,16,19,20). The highest BCUT2D eigenvalue weighted by atomic mass is 19.1. The molecule has 6 nitrogen and oxygen atoms in total. The van der Waals surface area contributed by atoms with Gasteiger partial charge in [0, 0.05) is 25.2 Å². The lowest BCUT2D eigenvalue weighted by atomic mass is 10.3. The number of aromatic nitrogens is 2. The highest BCUT2D eigenvalue weighted by Gasteiger charge is 2.07. The fourth-order valence-electron chi connectivity index (χ4n) is 1.62. The molecular formula is C13H12FN3O3. The SMILES string of the molecule is O=C(CCn1ccc(=O)[nH]c1=O)Nc1ccccc1F. The number of nitrogens with one attached hydrogen (secondary N) is 2. The molecule has 104 valence electrons. The molecule has 0 unspecified atom stereocenters. The van der Waals surface area contributed by atoms with Crippen molar-refractivity contribution < 1.29 is 9.18 Å². The minimum absolute atomic E-state index is 0.0136. The summed E-state index contributed by atoms with van der Waals surface area (Å²) in [5, 5.41) is 2.41. The van der Waals surface area contributed by atoms with E-state index in [2.05, 4.69) is 10.3 Å². The molecule has 0 aliphatic heterocycles. The number of rotatable bonds is 4. The molecule has 0 fully saturated rings. The highest BCUT2D eigenvalue weighted by molar-refractivity contribution is 5.90. The third-order valence-electron chi connectivity index (χ3n) is 2.62. The van der Waals surface area contributed by atoms with Crippen LogP contribution in [0.4, 0.5) is 10.1 Å². The zero-order chi connectivity index (χ0) is 14.5. The second kappa shape index (κ2) is 5.96. The first-order valence-corrected chi connectivity index (χ1v) is 5.90. The molecular weight excluding hydrogens is 265 g/mol. The van der Waals surface area contributed by atoms with Crippen LogP contribution < -0.4 is 16.6 Å². The molecule has 0 bridgehead atoms. The van der Waals surface area contributed by atoms with Gasteiger partial charge < -0.3 is 9.88 Å². The first-order valence-electron chi connectivity index (χ1n) is 5.90. The normalized spacial score (nSPS) is 10.2. The summed E-state index contributed by atoms with van der Waals surface area (Å²) in [5.74, 6) is -0.949. The summed E-state index contributed by atoms with van der Waals surface area (Å²) >= 11 is 0. The van der Waals surface area contributed by atoms with Gasteiger partial charge in [0.25, 0.3) is 5.56 Å². The van der Waals surface area contributed by atoms with Crippen LogP contribution in [0.3, 0.4) is 0 Å². The predicted molar refractivity (Wildman–Crippen MR) is 71.0 cm³/mol. The van der Waals surface area contributed by atoms with Gasteiger partial charge in [-0.2, -0.15) is 0 Å². The summed E-state index contributed by atoms with van der Waals surface area (Å²) in [4.78, 5) is 36.0. The number of hydrogen-bond acceptors (Lipinski definition) is 3. The number of nitrogens with zero attached hydrogens (tertiary/aromatic N) is 1. The van der Waals surface area contributed by atoms with Crippen LogP contribution in [-0.2, 0) is 11.3 Å². The number of amides is 1. The number of aromatic amines is 1. The quantitative estimate of drug-likeness (QED) is 0.863. The Morgan fingerprint density at radius 2 is 2.00 bits per heavy atom. The van der Waals surface area contributed by atoms with E-state index in [-0.39, 0.29) is 18.7 Å². The molecule has 2 aromatic rings. The van der Waals surface area contributed by atoms with E-state index in [9.17, 15) is 18.8 Å². The number of H-pyrrole nitrogens is 1. The number of aryl methyl sites for hydroxylation is 1. The molecule has 0 saturated heterocycles. The summed E-state index contributed by atoms with van der Waals surface area (Å²) in [6.07, 6.45) is 1.29. The van der Waals surface area contributed by atoms with Crippen molar-refractivity contribution in [2.75, 3.05) is 5.32 Å². The summed E-state index contributed by atoms with van der Waals surface area (Å²) in [6.45, 7) is 0.0932. The van der Waals surface area contributed by atoms with Gasteiger partial charge in [0.15, 0.2) is 0 Å². The second-order valence-corrected chi connectivity index (χ2v) is 4.08. The summed E-state index contributed by atoms with van der Waals surface area (Å²) in [6, 6.07) is 6.99. The van der Waals surface area contributed by atoms with Crippen LogP contribution in [0.15, 0.2) is 46.1 Å². The van der Waals surface area contributed by atoms with Crippen molar-refractivity contribution in [3.05, 3.63) is 63.2 Å². The smallest absolute Gasteiger partial charge is 0.324 e. The molecule has 1 heterocycles. The van der Waals surface area contributed by atoms with Crippen molar-refractivity contribution >= 4 is 11.6 Å². The van der Waals surface area contributed by atoms with Gasteiger partial charge in [-0.1, -0.05) is 12.1 Å². The van der Waals surface area contributed by atoms with Crippen molar-refractivity contribution in [3.8, 4) is 0 Å². The van der Waals surface area contributed by atoms with Crippen LogP contribution in [0.2, 0.25) is 0 Å². The van der Waals surface area contributed by atoms with Crippen LogP contribution >= 0.6 is 0 Å². The monoisotopic (exact) mass is 277 g/mol. The Kier molecular flexibility index (Phi) is 4.09. The van der Waals surface area contributed by atoms with Crippen molar-refractivity contribution in [2.24, 2.45) is 0 Å². The van der Waals surface area contributed by atoms with Crippen LogP contribution in [0.1, 0.15) is 6.42 Å². The Balaban J connectivity index is 1.97. The Morgan fingerprint density at radius 1 is 1.25 bits per heavy atom. The minimum atomic E-state index is -0.587. The fourth-order valence-corrected chi connectivity index (χ4v) is 1.62. The van der Waals surface area contributed by atoms with Crippen LogP contribution in [0.25, 0.3) is 0 Å². The van der Waals surface area contributed by atoms with Crippen molar-refractivity contribution in [3.63, 3.8) is 0 Å². The molecule has 7 heteroatoms. The summed E-state index contributed by atoms with van der Waals surface area (Å²) in [5.41, 5.74) is -0.996. The topological polar surface area (TPSA) is 84.0 Å². The molecule has 1 aromatic carbocycles. The average Bonchev–Trinajstić information content (AvgIpc) is 2.40. The van der Waals surface area contributed by atoms with E-state index in [1.165, 1.54) is 35.0 Å². The first kappa shape index (κ1) is 13.7. The lowest BCUT2D eigenvalue weighted by molar-refractivity contribution is -0.116. The maximum Gasteiger partial charge on any atom is 0.328 e. The van der Waals surface area contributed by atoms with Gasteiger partial charge in [0.05, 0.1) is 5.69 Å². The highest BCUT2D eigenvalue weighted by Crippen LogP contribution is 2.12. The van der Waals surface area contributed by atoms with Crippen LogP contribution in [0, 0.1) is 5.82 Å². The van der Waals surface area contributed by atoms with Crippen LogP contribution in [0.5, 0.6) is 0 Å². The van der Waals surface area contributed by atoms with Gasteiger partial charge >= 0.3 is 5.69 Å². The lowest BCUT2D eigenvalue weighted by Crippen LogP contribution is -2.29. The molecule has 0 aliphatic rings.